The summed E-state index contributed by atoms with van der Waals surface area (Å²) in [5, 5.41) is 3.15. The zero-order valence-corrected chi connectivity index (χ0v) is 18.0. The third-order valence-corrected chi connectivity index (χ3v) is 5.66. The Morgan fingerprint density at radius 1 is 1.07 bits per heavy atom. The molecular formula is C25H32N2O3. The van der Waals surface area contributed by atoms with Gasteiger partial charge < -0.3 is 15.0 Å². The van der Waals surface area contributed by atoms with Crippen LogP contribution in [0.3, 0.4) is 0 Å². The van der Waals surface area contributed by atoms with Crippen LogP contribution < -0.4 is 10.1 Å². The highest BCUT2D eigenvalue weighted by Gasteiger charge is 2.28. The van der Waals surface area contributed by atoms with Gasteiger partial charge in [0, 0.05) is 12.6 Å². The molecule has 0 aliphatic heterocycles. The smallest absolute Gasteiger partial charge is 0.261 e. The summed E-state index contributed by atoms with van der Waals surface area (Å²) >= 11 is 0. The van der Waals surface area contributed by atoms with Crippen LogP contribution in [-0.4, -0.2) is 35.4 Å². The van der Waals surface area contributed by atoms with Crippen molar-refractivity contribution in [2.75, 3.05) is 6.61 Å². The van der Waals surface area contributed by atoms with Crippen molar-refractivity contribution in [1.29, 1.82) is 0 Å². The number of nitrogens with one attached hydrogen (secondary N) is 1. The van der Waals surface area contributed by atoms with Gasteiger partial charge in [0.15, 0.2) is 6.61 Å². The van der Waals surface area contributed by atoms with Gasteiger partial charge >= 0.3 is 0 Å². The molecule has 1 atom stereocenters. The lowest BCUT2D eigenvalue weighted by Crippen LogP contribution is -2.51. The van der Waals surface area contributed by atoms with E-state index in [0.717, 1.165) is 36.8 Å². The van der Waals surface area contributed by atoms with Crippen molar-refractivity contribution in [2.24, 2.45) is 0 Å². The molecule has 5 heteroatoms. The third-order valence-electron chi connectivity index (χ3n) is 5.66. The fraction of sp³-hybridized carbons (Fsp3) is 0.440. The van der Waals surface area contributed by atoms with Gasteiger partial charge in [-0.1, -0.05) is 67.3 Å². The van der Waals surface area contributed by atoms with Gasteiger partial charge in [0.05, 0.1) is 0 Å². The second-order valence-corrected chi connectivity index (χ2v) is 8.13. The Morgan fingerprint density at radius 3 is 2.50 bits per heavy atom. The molecule has 0 heterocycles. The number of hydrogen-bond acceptors (Lipinski definition) is 3. The molecule has 2 amide bonds. The lowest BCUT2D eigenvalue weighted by Gasteiger charge is -2.31. The Morgan fingerprint density at radius 2 is 1.80 bits per heavy atom. The highest BCUT2D eigenvalue weighted by molar-refractivity contribution is 5.88. The largest absolute Gasteiger partial charge is 0.484 e. The van der Waals surface area contributed by atoms with E-state index in [1.807, 2.05) is 61.5 Å². The third kappa shape index (κ3) is 6.34. The Kier molecular flexibility index (Phi) is 7.89. The number of benzene rings is 2. The standard InChI is InChI=1S/C25H32N2O3/c1-19-10-9-11-21(16-19)17-27(24(28)18-30-23-14-7-4-8-15-23)20(2)25(29)26-22-12-5-3-6-13-22/h4,7-11,14-16,20,22H,3,5-6,12-13,17-18H2,1-2H3,(H,26,29)/t20-/m0/s1. The average molecular weight is 409 g/mol. The van der Waals surface area contributed by atoms with Crippen molar-refractivity contribution in [1.82, 2.24) is 10.2 Å². The first kappa shape index (κ1) is 21.9. The number of para-hydroxylation sites is 1. The summed E-state index contributed by atoms with van der Waals surface area (Å²) in [6, 6.07) is 16.9. The predicted molar refractivity (Wildman–Crippen MR) is 118 cm³/mol. The molecule has 2 aromatic carbocycles. The van der Waals surface area contributed by atoms with E-state index in [1.165, 1.54) is 6.42 Å². The van der Waals surface area contributed by atoms with E-state index < -0.39 is 6.04 Å². The molecule has 0 saturated heterocycles. The van der Waals surface area contributed by atoms with E-state index in [9.17, 15) is 9.59 Å². The van der Waals surface area contributed by atoms with Gasteiger partial charge in [0.2, 0.25) is 5.91 Å². The number of carbonyl (C=O) groups is 2. The number of aryl methyl sites for hydroxylation is 1. The molecule has 2 aromatic rings. The number of ether oxygens (including phenoxy) is 1. The molecule has 0 bridgehead atoms. The average Bonchev–Trinajstić information content (AvgIpc) is 2.77. The van der Waals surface area contributed by atoms with Gasteiger partial charge in [-0.05, 0) is 44.4 Å². The summed E-state index contributed by atoms with van der Waals surface area (Å²) < 4.78 is 5.67. The van der Waals surface area contributed by atoms with Crippen LogP contribution in [0.2, 0.25) is 0 Å². The Labute approximate surface area is 179 Å². The molecule has 0 radical (unpaired) electrons. The van der Waals surface area contributed by atoms with E-state index in [-0.39, 0.29) is 24.5 Å². The first-order valence-electron chi connectivity index (χ1n) is 10.9. The lowest BCUT2D eigenvalue weighted by atomic mass is 9.95. The molecule has 5 nitrogen and oxygen atoms in total. The summed E-state index contributed by atoms with van der Waals surface area (Å²) in [5.41, 5.74) is 2.13. The summed E-state index contributed by atoms with van der Waals surface area (Å²) in [4.78, 5) is 27.6. The van der Waals surface area contributed by atoms with Crippen LogP contribution in [0.25, 0.3) is 0 Å². The maximum atomic E-state index is 13.1. The van der Waals surface area contributed by atoms with Crippen LogP contribution in [0.15, 0.2) is 54.6 Å². The minimum absolute atomic E-state index is 0.0948. The molecule has 1 N–H and O–H groups in total. The fourth-order valence-electron chi connectivity index (χ4n) is 3.90. The minimum atomic E-state index is -0.570. The summed E-state index contributed by atoms with van der Waals surface area (Å²) in [6.07, 6.45) is 5.56. The maximum Gasteiger partial charge on any atom is 0.261 e. The number of hydrogen-bond donors (Lipinski definition) is 1. The minimum Gasteiger partial charge on any atom is -0.484 e. The van der Waals surface area contributed by atoms with Gasteiger partial charge in [-0.15, -0.1) is 0 Å². The Balaban J connectivity index is 1.69. The zero-order valence-electron chi connectivity index (χ0n) is 18.0. The molecular weight excluding hydrogens is 376 g/mol. The molecule has 1 saturated carbocycles. The van der Waals surface area contributed by atoms with Crippen molar-refractivity contribution in [3.63, 3.8) is 0 Å². The van der Waals surface area contributed by atoms with Gasteiger partial charge in [0.1, 0.15) is 11.8 Å². The van der Waals surface area contributed by atoms with Crippen LogP contribution in [-0.2, 0) is 16.1 Å². The van der Waals surface area contributed by atoms with E-state index in [0.29, 0.717) is 12.3 Å². The zero-order chi connectivity index (χ0) is 21.3. The SMILES string of the molecule is Cc1cccc(CN(C(=O)COc2ccccc2)[C@@H](C)C(=O)NC2CCCCC2)c1. The first-order chi connectivity index (χ1) is 14.5. The highest BCUT2D eigenvalue weighted by atomic mass is 16.5. The maximum absolute atomic E-state index is 13.1. The molecule has 160 valence electrons. The molecule has 1 aliphatic carbocycles. The molecule has 0 unspecified atom stereocenters. The lowest BCUT2D eigenvalue weighted by molar-refractivity contribution is -0.142. The molecule has 1 fully saturated rings. The van der Waals surface area contributed by atoms with Crippen LogP contribution in [0.5, 0.6) is 5.75 Å². The topological polar surface area (TPSA) is 58.6 Å². The van der Waals surface area contributed by atoms with Crippen molar-refractivity contribution >= 4 is 11.8 Å². The predicted octanol–water partition coefficient (Wildman–Crippen LogP) is 4.24. The van der Waals surface area contributed by atoms with Crippen LogP contribution in [0.1, 0.15) is 50.2 Å². The van der Waals surface area contributed by atoms with Gasteiger partial charge in [-0.2, -0.15) is 0 Å². The molecule has 0 spiro atoms. The number of rotatable bonds is 8. The molecule has 3 rings (SSSR count). The summed E-state index contributed by atoms with van der Waals surface area (Å²) in [6.45, 7) is 4.09. The van der Waals surface area contributed by atoms with Crippen LogP contribution in [0, 0.1) is 6.92 Å². The van der Waals surface area contributed by atoms with E-state index >= 15 is 0 Å². The van der Waals surface area contributed by atoms with Gasteiger partial charge in [-0.25, -0.2) is 0 Å². The number of amides is 2. The van der Waals surface area contributed by atoms with E-state index in [1.54, 1.807) is 11.8 Å². The van der Waals surface area contributed by atoms with Crippen molar-refractivity contribution in [2.45, 2.75) is 64.6 Å². The normalized spacial score (nSPS) is 15.3. The molecule has 0 aromatic heterocycles. The highest BCUT2D eigenvalue weighted by Crippen LogP contribution is 2.18. The van der Waals surface area contributed by atoms with E-state index in [2.05, 4.69) is 5.32 Å². The number of nitrogens with zero attached hydrogens (tertiary/aromatic N) is 1. The van der Waals surface area contributed by atoms with Crippen molar-refractivity contribution in [3.05, 3.63) is 65.7 Å². The quantitative estimate of drug-likeness (QED) is 0.711. The molecule has 1 aliphatic rings. The first-order valence-corrected chi connectivity index (χ1v) is 10.9. The Bertz CT molecular complexity index is 831. The van der Waals surface area contributed by atoms with Gasteiger partial charge in [-0.3, -0.25) is 9.59 Å². The van der Waals surface area contributed by atoms with E-state index in [4.69, 9.17) is 4.74 Å². The monoisotopic (exact) mass is 408 g/mol. The van der Waals surface area contributed by atoms with Gasteiger partial charge in [0.25, 0.3) is 5.91 Å². The van der Waals surface area contributed by atoms with Crippen LogP contribution >= 0.6 is 0 Å². The molecule has 30 heavy (non-hydrogen) atoms. The summed E-state index contributed by atoms with van der Waals surface area (Å²) in [7, 11) is 0. The second kappa shape index (κ2) is 10.8. The fourth-order valence-corrected chi connectivity index (χ4v) is 3.90. The summed E-state index contributed by atoms with van der Waals surface area (Å²) in [5.74, 6) is 0.343. The van der Waals surface area contributed by atoms with Crippen LogP contribution in [0.4, 0.5) is 0 Å². The van der Waals surface area contributed by atoms with Crippen molar-refractivity contribution in [3.8, 4) is 5.75 Å². The van der Waals surface area contributed by atoms with Crippen molar-refractivity contribution < 1.29 is 14.3 Å². The number of carbonyl (C=O) groups excluding carboxylic acids is 2. The second-order valence-electron chi connectivity index (χ2n) is 8.13. The Hall–Kier alpha value is -2.82.